The summed E-state index contributed by atoms with van der Waals surface area (Å²) in [6.45, 7) is -0.613. The van der Waals surface area contributed by atoms with Crippen molar-refractivity contribution in [2.24, 2.45) is 0 Å². The van der Waals surface area contributed by atoms with E-state index < -0.39 is 6.61 Å². The molecule has 0 radical (unpaired) electrons. The van der Waals surface area contributed by atoms with Gasteiger partial charge in [-0.3, -0.25) is 0 Å². The molecule has 2 aromatic rings. The van der Waals surface area contributed by atoms with E-state index in [1.165, 1.54) is 12.1 Å². The van der Waals surface area contributed by atoms with Gasteiger partial charge in [-0.15, -0.1) is 0 Å². The van der Waals surface area contributed by atoms with Gasteiger partial charge in [0.15, 0.2) is 0 Å². The van der Waals surface area contributed by atoms with E-state index in [0.29, 0.717) is 12.1 Å². The lowest BCUT2D eigenvalue weighted by Gasteiger charge is -2.16. The number of alkyl halides is 2. The Labute approximate surface area is 121 Å². The number of ether oxygens (including phenoxy) is 1. The smallest absolute Gasteiger partial charge is 0.387 e. The molecule has 2 rings (SSSR count). The fraction of sp³-hybridized carbons (Fsp3) is 0.250. The Morgan fingerprint density at radius 3 is 2.57 bits per heavy atom. The first-order valence-electron chi connectivity index (χ1n) is 6.58. The normalized spacial score (nSPS) is 12.4. The van der Waals surface area contributed by atoms with Crippen LogP contribution in [-0.2, 0) is 6.54 Å². The molecule has 1 atom stereocenters. The lowest BCUT2D eigenvalue weighted by atomic mass is 10.1. The molecule has 0 fully saturated rings. The van der Waals surface area contributed by atoms with Gasteiger partial charge >= 0.3 is 6.61 Å². The highest BCUT2D eigenvalue weighted by Gasteiger charge is 2.09. The van der Waals surface area contributed by atoms with Gasteiger partial charge in [0.2, 0.25) is 0 Å². The van der Waals surface area contributed by atoms with Gasteiger partial charge in [0.1, 0.15) is 11.6 Å². The highest BCUT2D eigenvalue weighted by atomic mass is 19.3. The molecule has 0 aliphatic carbocycles. The summed E-state index contributed by atoms with van der Waals surface area (Å²) in [5.74, 6) is -0.158. The summed E-state index contributed by atoms with van der Waals surface area (Å²) in [5, 5.41) is 3.15. The molecule has 1 unspecified atom stereocenters. The number of halogens is 3. The fourth-order valence-corrected chi connectivity index (χ4v) is 1.98. The van der Waals surface area contributed by atoms with Crippen molar-refractivity contribution < 1.29 is 17.9 Å². The largest absolute Gasteiger partial charge is 0.435 e. The zero-order chi connectivity index (χ0) is 15.2. The van der Waals surface area contributed by atoms with Crippen molar-refractivity contribution in [3.63, 3.8) is 0 Å². The predicted octanol–water partition coefficient (Wildman–Crippen LogP) is 4.28. The first-order valence-corrected chi connectivity index (χ1v) is 6.58. The Kier molecular flexibility index (Phi) is 5.22. The number of hydrogen-bond donors (Lipinski definition) is 1. The van der Waals surface area contributed by atoms with Crippen LogP contribution in [0.5, 0.6) is 5.75 Å². The molecule has 0 saturated carbocycles. The van der Waals surface area contributed by atoms with Gasteiger partial charge in [0.25, 0.3) is 0 Å². The molecular weight excluding hydrogens is 279 g/mol. The van der Waals surface area contributed by atoms with E-state index in [9.17, 15) is 13.2 Å². The van der Waals surface area contributed by atoms with Gasteiger partial charge < -0.3 is 10.1 Å². The van der Waals surface area contributed by atoms with Crippen molar-refractivity contribution in [1.29, 1.82) is 0 Å². The van der Waals surface area contributed by atoms with Gasteiger partial charge in [0.05, 0.1) is 0 Å². The fourth-order valence-electron chi connectivity index (χ4n) is 1.98. The molecule has 0 heterocycles. The Balaban J connectivity index is 2.00. The molecule has 2 aromatic carbocycles. The van der Waals surface area contributed by atoms with Crippen LogP contribution < -0.4 is 10.1 Å². The Hall–Kier alpha value is -2.01. The summed E-state index contributed by atoms with van der Waals surface area (Å²) in [6.07, 6.45) is 0. The molecule has 0 saturated heterocycles. The van der Waals surface area contributed by atoms with Crippen molar-refractivity contribution in [3.05, 3.63) is 65.5 Å². The molecule has 5 heteroatoms. The Bertz CT molecular complexity index is 589. The maximum absolute atomic E-state index is 13.5. The van der Waals surface area contributed by atoms with Gasteiger partial charge in [-0.05, 0) is 30.7 Å². The average molecular weight is 295 g/mol. The van der Waals surface area contributed by atoms with Crippen LogP contribution in [-0.4, -0.2) is 6.61 Å². The first kappa shape index (κ1) is 15.4. The van der Waals surface area contributed by atoms with Crippen molar-refractivity contribution in [2.75, 3.05) is 0 Å². The third-order valence-corrected chi connectivity index (χ3v) is 3.14. The van der Waals surface area contributed by atoms with Gasteiger partial charge in [0, 0.05) is 18.2 Å². The number of nitrogens with one attached hydrogen (secondary N) is 1. The second-order valence-corrected chi connectivity index (χ2v) is 4.64. The summed E-state index contributed by atoms with van der Waals surface area (Å²) in [7, 11) is 0. The van der Waals surface area contributed by atoms with Crippen LogP contribution in [0.1, 0.15) is 24.1 Å². The molecule has 0 aromatic heterocycles. The van der Waals surface area contributed by atoms with E-state index in [0.717, 1.165) is 5.56 Å². The number of hydrogen-bond acceptors (Lipinski definition) is 2. The second-order valence-electron chi connectivity index (χ2n) is 4.64. The lowest BCUT2D eigenvalue weighted by Crippen LogP contribution is -2.18. The zero-order valence-electron chi connectivity index (χ0n) is 11.5. The highest BCUT2D eigenvalue weighted by Crippen LogP contribution is 2.21. The second kappa shape index (κ2) is 7.13. The topological polar surface area (TPSA) is 21.3 Å². The molecule has 0 amide bonds. The number of benzene rings is 2. The van der Waals surface area contributed by atoms with Gasteiger partial charge in [-0.2, -0.15) is 8.78 Å². The van der Waals surface area contributed by atoms with E-state index in [1.54, 1.807) is 36.4 Å². The summed E-state index contributed by atoms with van der Waals surface area (Å²) >= 11 is 0. The van der Waals surface area contributed by atoms with E-state index >= 15 is 0 Å². The first-order chi connectivity index (χ1) is 10.1. The van der Waals surface area contributed by atoms with Crippen LogP contribution in [0.4, 0.5) is 13.2 Å². The minimum Gasteiger partial charge on any atom is -0.435 e. The quantitative estimate of drug-likeness (QED) is 0.859. The van der Waals surface area contributed by atoms with Crippen molar-refractivity contribution in [3.8, 4) is 5.75 Å². The van der Waals surface area contributed by atoms with Crippen LogP contribution in [0.2, 0.25) is 0 Å². The Morgan fingerprint density at radius 1 is 1.10 bits per heavy atom. The molecule has 1 N–H and O–H groups in total. The molecule has 0 aliphatic heterocycles. The Morgan fingerprint density at radius 2 is 1.86 bits per heavy atom. The summed E-state index contributed by atoms with van der Waals surface area (Å²) in [6, 6.07) is 12.8. The molecule has 21 heavy (non-hydrogen) atoms. The number of rotatable bonds is 6. The maximum atomic E-state index is 13.5. The zero-order valence-corrected chi connectivity index (χ0v) is 11.5. The summed E-state index contributed by atoms with van der Waals surface area (Å²) in [5.41, 5.74) is 1.36. The average Bonchev–Trinajstić information content (AvgIpc) is 2.45. The van der Waals surface area contributed by atoms with E-state index in [-0.39, 0.29) is 17.6 Å². The third-order valence-electron chi connectivity index (χ3n) is 3.14. The van der Waals surface area contributed by atoms with Crippen molar-refractivity contribution in [2.45, 2.75) is 26.1 Å². The summed E-state index contributed by atoms with van der Waals surface area (Å²) < 4.78 is 42.2. The van der Waals surface area contributed by atoms with E-state index in [4.69, 9.17) is 0 Å². The van der Waals surface area contributed by atoms with E-state index in [1.807, 2.05) is 6.92 Å². The monoisotopic (exact) mass is 295 g/mol. The molecule has 0 spiro atoms. The van der Waals surface area contributed by atoms with Crippen LogP contribution in [0.15, 0.2) is 48.5 Å². The van der Waals surface area contributed by atoms with Crippen LogP contribution in [0.3, 0.4) is 0 Å². The van der Waals surface area contributed by atoms with Crippen LogP contribution in [0.25, 0.3) is 0 Å². The standard InChI is InChI=1S/C16H16F3NO/c1-11(20-10-13-5-2-3-8-15(13)17)12-6-4-7-14(9-12)21-16(18)19/h2-9,11,16,20H,10H2,1H3. The maximum Gasteiger partial charge on any atom is 0.387 e. The van der Waals surface area contributed by atoms with Crippen LogP contribution in [0, 0.1) is 5.82 Å². The van der Waals surface area contributed by atoms with Crippen molar-refractivity contribution >= 4 is 0 Å². The molecule has 0 aliphatic rings. The van der Waals surface area contributed by atoms with Crippen LogP contribution >= 0.6 is 0 Å². The predicted molar refractivity (Wildman–Crippen MR) is 74.7 cm³/mol. The lowest BCUT2D eigenvalue weighted by molar-refractivity contribution is -0.0499. The minimum absolute atomic E-state index is 0.113. The molecule has 0 bridgehead atoms. The SMILES string of the molecule is CC(NCc1ccccc1F)c1cccc(OC(F)F)c1. The minimum atomic E-state index is -2.85. The van der Waals surface area contributed by atoms with Gasteiger partial charge in [-0.25, -0.2) is 4.39 Å². The summed E-state index contributed by atoms with van der Waals surface area (Å²) in [4.78, 5) is 0. The highest BCUT2D eigenvalue weighted by molar-refractivity contribution is 5.30. The van der Waals surface area contributed by atoms with Crippen molar-refractivity contribution in [1.82, 2.24) is 5.32 Å². The van der Waals surface area contributed by atoms with Gasteiger partial charge in [-0.1, -0.05) is 30.3 Å². The molecule has 2 nitrogen and oxygen atoms in total. The van der Waals surface area contributed by atoms with E-state index in [2.05, 4.69) is 10.1 Å². The molecular formula is C16H16F3NO. The molecule has 112 valence electrons. The third kappa shape index (κ3) is 4.49.